The maximum absolute atomic E-state index is 12.8. The summed E-state index contributed by atoms with van der Waals surface area (Å²) < 4.78 is 11.9. The fourth-order valence-electron chi connectivity index (χ4n) is 5.07. The van der Waals surface area contributed by atoms with Crippen LogP contribution < -0.4 is 5.32 Å². The predicted octanol–water partition coefficient (Wildman–Crippen LogP) is 2.47. The van der Waals surface area contributed by atoms with Crippen LogP contribution in [0.1, 0.15) is 36.8 Å². The van der Waals surface area contributed by atoms with Crippen LogP contribution in [-0.4, -0.2) is 49.4 Å². The van der Waals surface area contributed by atoms with Crippen molar-refractivity contribution in [3.8, 4) is 0 Å². The molecule has 1 N–H and O–H groups in total. The quantitative estimate of drug-likeness (QED) is 0.902. The minimum atomic E-state index is -0.373. The first-order chi connectivity index (χ1) is 12.6. The lowest BCUT2D eigenvalue weighted by atomic mass is 9.72. The molecule has 5 nitrogen and oxygen atoms in total. The Morgan fingerprint density at radius 3 is 2.85 bits per heavy atom. The molecule has 2 aliphatic heterocycles. The van der Waals surface area contributed by atoms with Gasteiger partial charge < -0.3 is 19.7 Å². The van der Waals surface area contributed by atoms with Gasteiger partial charge in [0.25, 0.3) is 0 Å². The smallest absolute Gasteiger partial charge is 0.224 e. The molecule has 26 heavy (non-hydrogen) atoms. The second-order valence-corrected chi connectivity index (χ2v) is 8.19. The van der Waals surface area contributed by atoms with E-state index in [4.69, 9.17) is 9.47 Å². The molecule has 1 aliphatic carbocycles. The van der Waals surface area contributed by atoms with Crippen molar-refractivity contribution in [3.05, 3.63) is 35.4 Å². The summed E-state index contributed by atoms with van der Waals surface area (Å²) in [4.78, 5) is 15.2. The molecule has 1 amide bonds. The minimum absolute atomic E-state index is 0.0434. The summed E-state index contributed by atoms with van der Waals surface area (Å²) in [7, 11) is 2.16. The summed E-state index contributed by atoms with van der Waals surface area (Å²) in [5.74, 6) is 0.310. The number of ether oxygens (including phenoxy) is 2. The van der Waals surface area contributed by atoms with Crippen molar-refractivity contribution in [2.24, 2.45) is 11.8 Å². The van der Waals surface area contributed by atoms with Crippen LogP contribution in [-0.2, 0) is 20.8 Å². The van der Waals surface area contributed by atoms with Crippen molar-refractivity contribution < 1.29 is 14.3 Å². The Bertz CT molecular complexity index is 656. The number of carbonyl (C=O) groups excluding carboxylic acids is 1. The first-order valence-electron chi connectivity index (χ1n) is 9.87. The second-order valence-electron chi connectivity index (χ2n) is 8.19. The molecule has 5 heteroatoms. The van der Waals surface area contributed by atoms with Crippen LogP contribution in [0.4, 0.5) is 0 Å². The first kappa shape index (κ1) is 18.0. The van der Waals surface area contributed by atoms with Gasteiger partial charge in [0.15, 0.2) is 5.79 Å². The maximum Gasteiger partial charge on any atom is 0.224 e. The van der Waals surface area contributed by atoms with Crippen LogP contribution in [0.5, 0.6) is 0 Å². The third-order valence-electron chi connectivity index (χ3n) is 6.50. The number of aryl methyl sites for hydroxylation is 1. The third kappa shape index (κ3) is 3.53. The van der Waals surface area contributed by atoms with Gasteiger partial charge in [-0.3, -0.25) is 4.79 Å². The van der Waals surface area contributed by atoms with Crippen molar-refractivity contribution in [1.29, 1.82) is 0 Å². The summed E-state index contributed by atoms with van der Waals surface area (Å²) in [6, 6.07) is 8.77. The van der Waals surface area contributed by atoms with E-state index in [1.165, 1.54) is 11.1 Å². The number of piperidine rings is 1. The highest BCUT2D eigenvalue weighted by Crippen LogP contribution is 2.44. The molecule has 2 heterocycles. The molecule has 3 atom stereocenters. The van der Waals surface area contributed by atoms with Gasteiger partial charge in [-0.05, 0) is 43.9 Å². The van der Waals surface area contributed by atoms with E-state index in [1.807, 2.05) is 12.1 Å². The topological polar surface area (TPSA) is 50.8 Å². The molecule has 1 aromatic rings. The SMILES string of the molecule is Cc1ccccc1CNC(=O)[C@@H]1C[C@@H]2CC3(CC[C@H]2N(C)C1)OCCO3. The van der Waals surface area contributed by atoms with E-state index in [0.29, 0.717) is 31.7 Å². The molecule has 4 rings (SSSR count). The van der Waals surface area contributed by atoms with Gasteiger partial charge >= 0.3 is 0 Å². The Balaban J connectivity index is 1.38. The van der Waals surface area contributed by atoms with Crippen molar-refractivity contribution in [3.63, 3.8) is 0 Å². The van der Waals surface area contributed by atoms with E-state index < -0.39 is 0 Å². The van der Waals surface area contributed by atoms with Crippen LogP contribution >= 0.6 is 0 Å². The number of likely N-dealkylation sites (tertiary alicyclic amines) is 1. The fourth-order valence-corrected chi connectivity index (χ4v) is 5.07. The average Bonchev–Trinajstić information content (AvgIpc) is 3.08. The lowest BCUT2D eigenvalue weighted by Crippen LogP contribution is -2.55. The minimum Gasteiger partial charge on any atom is -0.352 e. The van der Waals surface area contributed by atoms with E-state index >= 15 is 0 Å². The fraction of sp³-hybridized carbons (Fsp3) is 0.667. The van der Waals surface area contributed by atoms with Crippen LogP contribution in [0, 0.1) is 18.8 Å². The molecule has 0 unspecified atom stereocenters. The number of nitrogens with zero attached hydrogens (tertiary/aromatic N) is 1. The molecule has 3 fully saturated rings. The van der Waals surface area contributed by atoms with Crippen LogP contribution in [0.2, 0.25) is 0 Å². The highest BCUT2D eigenvalue weighted by Gasteiger charge is 2.49. The normalized spacial score (nSPS) is 30.9. The van der Waals surface area contributed by atoms with Crippen LogP contribution in [0.3, 0.4) is 0 Å². The Morgan fingerprint density at radius 2 is 2.08 bits per heavy atom. The number of benzene rings is 1. The molecule has 1 spiro atoms. The Kier molecular flexibility index (Phi) is 5.04. The van der Waals surface area contributed by atoms with E-state index in [-0.39, 0.29) is 17.6 Å². The summed E-state index contributed by atoms with van der Waals surface area (Å²) in [6.07, 6.45) is 3.92. The van der Waals surface area contributed by atoms with Gasteiger partial charge in [-0.15, -0.1) is 0 Å². The predicted molar refractivity (Wildman–Crippen MR) is 99.5 cm³/mol. The molecular weight excluding hydrogens is 328 g/mol. The van der Waals surface area contributed by atoms with Crippen molar-refractivity contribution >= 4 is 5.91 Å². The molecule has 142 valence electrons. The lowest BCUT2D eigenvalue weighted by molar-refractivity contribution is -0.202. The second kappa shape index (κ2) is 7.29. The van der Waals surface area contributed by atoms with E-state index in [1.54, 1.807) is 0 Å². The molecule has 1 aromatic carbocycles. The number of carbonyl (C=O) groups is 1. The van der Waals surface area contributed by atoms with E-state index in [0.717, 1.165) is 32.2 Å². The van der Waals surface area contributed by atoms with Crippen LogP contribution in [0.15, 0.2) is 24.3 Å². The summed E-state index contributed by atoms with van der Waals surface area (Å²) in [5, 5.41) is 3.16. The lowest BCUT2D eigenvalue weighted by Gasteiger charge is -2.49. The molecule has 0 bridgehead atoms. The van der Waals surface area contributed by atoms with Crippen molar-refractivity contribution in [2.75, 3.05) is 26.8 Å². The van der Waals surface area contributed by atoms with Gasteiger partial charge in [-0.25, -0.2) is 0 Å². The zero-order valence-corrected chi connectivity index (χ0v) is 15.9. The molecule has 3 aliphatic rings. The van der Waals surface area contributed by atoms with Gasteiger partial charge in [-0.2, -0.15) is 0 Å². The third-order valence-corrected chi connectivity index (χ3v) is 6.50. The van der Waals surface area contributed by atoms with Gasteiger partial charge in [0.1, 0.15) is 0 Å². The number of hydrogen-bond acceptors (Lipinski definition) is 4. The molecule has 2 saturated heterocycles. The maximum atomic E-state index is 12.8. The molecule has 1 saturated carbocycles. The molecule has 0 aromatic heterocycles. The van der Waals surface area contributed by atoms with Gasteiger partial charge in [0.05, 0.1) is 19.1 Å². The summed E-state index contributed by atoms with van der Waals surface area (Å²) >= 11 is 0. The largest absolute Gasteiger partial charge is 0.352 e. The van der Waals surface area contributed by atoms with E-state index in [2.05, 4.69) is 36.3 Å². The Labute approximate surface area is 156 Å². The van der Waals surface area contributed by atoms with Crippen molar-refractivity contribution in [1.82, 2.24) is 10.2 Å². The van der Waals surface area contributed by atoms with Gasteiger partial charge in [-0.1, -0.05) is 24.3 Å². The number of hydrogen-bond donors (Lipinski definition) is 1. The zero-order valence-electron chi connectivity index (χ0n) is 15.9. The summed E-state index contributed by atoms with van der Waals surface area (Å²) in [6.45, 7) is 4.94. The van der Waals surface area contributed by atoms with Crippen LogP contribution in [0.25, 0.3) is 0 Å². The average molecular weight is 358 g/mol. The highest BCUT2D eigenvalue weighted by molar-refractivity contribution is 5.79. The van der Waals surface area contributed by atoms with Crippen molar-refractivity contribution in [2.45, 2.75) is 51.0 Å². The molecular formula is C21H30N2O3. The molecule has 0 radical (unpaired) electrons. The number of rotatable bonds is 3. The monoisotopic (exact) mass is 358 g/mol. The highest BCUT2D eigenvalue weighted by atomic mass is 16.7. The number of amides is 1. The van der Waals surface area contributed by atoms with E-state index in [9.17, 15) is 4.79 Å². The van der Waals surface area contributed by atoms with Gasteiger partial charge in [0, 0.05) is 32.0 Å². The first-order valence-corrected chi connectivity index (χ1v) is 9.87. The Hall–Kier alpha value is -1.43. The van der Waals surface area contributed by atoms with Gasteiger partial charge in [0.2, 0.25) is 5.91 Å². The zero-order chi connectivity index (χ0) is 18.1. The standard InChI is InChI=1S/C21H30N2O3/c1-15-5-3-4-6-16(15)13-22-20(24)18-11-17-12-21(25-9-10-26-21)8-7-19(17)23(2)14-18/h3-6,17-19H,7-14H2,1-2H3,(H,22,24)/t17-,18-,19-/m1/s1. The summed E-state index contributed by atoms with van der Waals surface area (Å²) in [5.41, 5.74) is 2.41. The number of nitrogens with one attached hydrogen (secondary N) is 1. The number of fused-ring (bicyclic) bond motifs is 1. The Morgan fingerprint density at radius 1 is 1.31 bits per heavy atom.